The SMILES string of the molecule is O=C1CCC(N2Cc3c(CCCOCCOCCOCCOCCn4cc(C(=O)N5CCCCC5)nn4)cccc3C2=O)C(=O)N1. The minimum Gasteiger partial charge on any atom is -0.379 e. The fraction of sp³-hybridized carbons (Fsp3) is 0.625. The standard InChI is InChI=1S/C32H44N6O8/c39-29-10-9-28(30(40)33-29)38-22-26-24(6-4-8-25(26)31(38)41)7-5-14-43-16-18-45-20-21-46-19-17-44-15-13-37-23-27(34-35-37)32(42)36-11-2-1-3-12-36/h4,6,8,23,28H,1-3,5,7,9-22H2,(H,33,39,40). The van der Waals surface area contributed by atoms with E-state index in [-0.39, 0.29) is 24.1 Å². The van der Waals surface area contributed by atoms with Crippen LogP contribution in [0.3, 0.4) is 0 Å². The molecule has 4 amide bonds. The van der Waals surface area contributed by atoms with Gasteiger partial charge in [-0.1, -0.05) is 17.3 Å². The zero-order valence-corrected chi connectivity index (χ0v) is 26.3. The number of ether oxygens (including phenoxy) is 4. The molecule has 2 fully saturated rings. The molecule has 2 aromatic rings. The first kappa shape index (κ1) is 33.6. The van der Waals surface area contributed by atoms with Crippen LogP contribution in [0.4, 0.5) is 0 Å². The zero-order chi connectivity index (χ0) is 32.1. The van der Waals surface area contributed by atoms with E-state index in [0.29, 0.717) is 83.6 Å². The number of benzene rings is 1. The molecule has 250 valence electrons. The Morgan fingerprint density at radius 2 is 1.59 bits per heavy atom. The van der Waals surface area contributed by atoms with Gasteiger partial charge in [-0.05, 0) is 55.7 Å². The number of hydrogen-bond donors (Lipinski definition) is 1. The van der Waals surface area contributed by atoms with Crippen LogP contribution in [0.15, 0.2) is 24.4 Å². The van der Waals surface area contributed by atoms with Gasteiger partial charge in [0, 0.05) is 38.2 Å². The number of aryl methyl sites for hydroxylation is 1. The van der Waals surface area contributed by atoms with Crippen LogP contribution in [0.5, 0.6) is 0 Å². The molecule has 0 bridgehead atoms. The maximum atomic E-state index is 13.0. The van der Waals surface area contributed by atoms with Gasteiger partial charge in [-0.15, -0.1) is 5.10 Å². The maximum Gasteiger partial charge on any atom is 0.276 e. The monoisotopic (exact) mass is 640 g/mol. The van der Waals surface area contributed by atoms with E-state index in [0.717, 1.165) is 49.9 Å². The summed E-state index contributed by atoms with van der Waals surface area (Å²) in [6.45, 7) is 6.25. The minimum absolute atomic E-state index is 0.0534. The summed E-state index contributed by atoms with van der Waals surface area (Å²) in [7, 11) is 0. The second-order valence-electron chi connectivity index (χ2n) is 11.6. The fourth-order valence-electron chi connectivity index (χ4n) is 5.93. The molecule has 3 aliphatic rings. The molecule has 14 heteroatoms. The predicted molar refractivity (Wildman–Crippen MR) is 164 cm³/mol. The van der Waals surface area contributed by atoms with Crippen molar-refractivity contribution in [3.63, 3.8) is 0 Å². The lowest BCUT2D eigenvalue weighted by molar-refractivity contribution is -0.136. The van der Waals surface area contributed by atoms with Crippen LogP contribution >= 0.6 is 0 Å². The van der Waals surface area contributed by atoms with Crippen LogP contribution in [-0.2, 0) is 48.0 Å². The Kier molecular flexibility index (Phi) is 12.6. The average Bonchev–Trinajstić information content (AvgIpc) is 3.68. The normalized spacial score (nSPS) is 18.3. The molecule has 1 aromatic heterocycles. The minimum atomic E-state index is -0.610. The highest BCUT2D eigenvalue weighted by atomic mass is 16.6. The number of fused-ring (bicyclic) bond motifs is 1. The summed E-state index contributed by atoms with van der Waals surface area (Å²) >= 11 is 0. The van der Waals surface area contributed by atoms with Crippen LogP contribution in [0.2, 0.25) is 0 Å². The van der Waals surface area contributed by atoms with Crippen molar-refractivity contribution in [1.82, 2.24) is 30.1 Å². The second-order valence-corrected chi connectivity index (χ2v) is 11.6. The Morgan fingerprint density at radius 1 is 0.891 bits per heavy atom. The molecule has 0 aliphatic carbocycles. The smallest absolute Gasteiger partial charge is 0.276 e. The molecule has 5 rings (SSSR count). The largest absolute Gasteiger partial charge is 0.379 e. The van der Waals surface area contributed by atoms with Gasteiger partial charge in [0.1, 0.15) is 6.04 Å². The van der Waals surface area contributed by atoms with Crippen molar-refractivity contribution in [2.45, 2.75) is 64.1 Å². The molecule has 1 atom stereocenters. The number of likely N-dealkylation sites (tertiary alicyclic amines) is 1. The number of nitrogens with zero attached hydrogens (tertiary/aromatic N) is 5. The molecular weight excluding hydrogens is 596 g/mol. The van der Waals surface area contributed by atoms with Gasteiger partial charge >= 0.3 is 0 Å². The first-order chi connectivity index (χ1) is 22.5. The van der Waals surface area contributed by atoms with Crippen LogP contribution < -0.4 is 5.32 Å². The van der Waals surface area contributed by atoms with Crippen molar-refractivity contribution in [3.8, 4) is 0 Å². The van der Waals surface area contributed by atoms with Gasteiger partial charge in [-0.2, -0.15) is 0 Å². The lowest BCUT2D eigenvalue weighted by Crippen LogP contribution is -2.52. The summed E-state index contributed by atoms with van der Waals surface area (Å²) in [6, 6.07) is 5.08. The van der Waals surface area contributed by atoms with Gasteiger partial charge in [-0.3, -0.25) is 24.5 Å². The molecule has 1 N–H and O–H groups in total. The molecule has 46 heavy (non-hydrogen) atoms. The Balaban J connectivity index is 0.848. The van der Waals surface area contributed by atoms with Crippen molar-refractivity contribution in [3.05, 3.63) is 46.8 Å². The van der Waals surface area contributed by atoms with E-state index >= 15 is 0 Å². The number of carbonyl (C=O) groups excluding carboxylic acids is 4. The van der Waals surface area contributed by atoms with Gasteiger partial charge < -0.3 is 28.7 Å². The van der Waals surface area contributed by atoms with Crippen LogP contribution in [0.25, 0.3) is 0 Å². The Labute approximate surface area is 268 Å². The summed E-state index contributed by atoms with van der Waals surface area (Å²) in [6.07, 6.45) is 7.07. The molecule has 0 radical (unpaired) electrons. The highest BCUT2D eigenvalue weighted by Crippen LogP contribution is 2.30. The van der Waals surface area contributed by atoms with Crippen LogP contribution in [-0.4, -0.2) is 120 Å². The summed E-state index contributed by atoms with van der Waals surface area (Å²) in [4.78, 5) is 52.7. The van der Waals surface area contributed by atoms with E-state index in [4.69, 9.17) is 18.9 Å². The molecule has 1 aromatic carbocycles. The van der Waals surface area contributed by atoms with E-state index in [9.17, 15) is 19.2 Å². The van der Waals surface area contributed by atoms with Crippen LogP contribution in [0.1, 0.15) is 70.5 Å². The number of carbonyl (C=O) groups is 4. The van der Waals surface area contributed by atoms with E-state index in [1.54, 1.807) is 21.8 Å². The first-order valence-electron chi connectivity index (χ1n) is 16.3. The molecule has 0 saturated carbocycles. The Bertz CT molecular complexity index is 1340. The number of imide groups is 1. The lowest BCUT2D eigenvalue weighted by atomic mass is 10.00. The maximum absolute atomic E-state index is 13.0. The Morgan fingerprint density at radius 3 is 2.30 bits per heavy atom. The molecule has 0 spiro atoms. The molecular formula is C32H44N6O8. The van der Waals surface area contributed by atoms with Gasteiger partial charge in [0.25, 0.3) is 11.8 Å². The Hall–Kier alpha value is -3.72. The molecule has 14 nitrogen and oxygen atoms in total. The zero-order valence-electron chi connectivity index (χ0n) is 26.3. The number of aromatic nitrogens is 3. The molecule has 2 saturated heterocycles. The van der Waals surface area contributed by atoms with Gasteiger partial charge in [0.2, 0.25) is 11.8 Å². The van der Waals surface area contributed by atoms with Crippen molar-refractivity contribution < 1.29 is 38.1 Å². The average molecular weight is 641 g/mol. The molecule has 1 unspecified atom stereocenters. The molecule has 4 heterocycles. The number of hydrogen-bond acceptors (Lipinski definition) is 10. The highest BCUT2D eigenvalue weighted by molar-refractivity contribution is 6.05. The third-order valence-electron chi connectivity index (χ3n) is 8.40. The van der Waals surface area contributed by atoms with E-state index < -0.39 is 11.9 Å². The fourth-order valence-corrected chi connectivity index (χ4v) is 5.93. The van der Waals surface area contributed by atoms with Crippen molar-refractivity contribution in [2.24, 2.45) is 0 Å². The summed E-state index contributed by atoms with van der Waals surface area (Å²) < 4.78 is 24.0. The first-order valence-corrected chi connectivity index (χ1v) is 16.3. The van der Waals surface area contributed by atoms with Gasteiger partial charge in [-0.25, -0.2) is 4.68 Å². The number of piperidine rings is 2. The quantitative estimate of drug-likeness (QED) is 0.187. The summed E-state index contributed by atoms with van der Waals surface area (Å²) in [5.41, 5.74) is 3.05. The third kappa shape index (κ3) is 9.18. The van der Waals surface area contributed by atoms with Crippen LogP contribution in [0, 0.1) is 0 Å². The number of rotatable bonds is 18. The van der Waals surface area contributed by atoms with Gasteiger partial charge in [0.05, 0.1) is 59.0 Å². The third-order valence-corrected chi connectivity index (χ3v) is 8.40. The van der Waals surface area contributed by atoms with E-state index in [2.05, 4.69) is 15.6 Å². The highest BCUT2D eigenvalue weighted by Gasteiger charge is 2.39. The summed E-state index contributed by atoms with van der Waals surface area (Å²) in [5.74, 6) is -0.900. The van der Waals surface area contributed by atoms with E-state index in [1.807, 2.05) is 17.0 Å². The predicted octanol–water partition coefficient (Wildman–Crippen LogP) is 1.36. The number of nitrogens with one attached hydrogen (secondary N) is 1. The second kappa shape index (κ2) is 17.3. The van der Waals surface area contributed by atoms with Crippen molar-refractivity contribution in [1.29, 1.82) is 0 Å². The topological polar surface area (TPSA) is 154 Å². The van der Waals surface area contributed by atoms with Crippen molar-refractivity contribution >= 4 is 23.6 Å². The lowest BCUT2D eigenvalue weighted by Gasteiger charge is -2.29. The number of amides is 4. The molecule has 3 aliphatic heterocycles. The van der Waals surface area contributed by atoms with E-state index in [1.165, 1.54) is 6.42 Å². The van der Waals surface area contributed by atoms with Crippen molar-refractivity contribution in [2.75, 3.05) is 65.9 Å². The summed E-state index contributed by atoms with van der Waals surface area (Å²) in [5, 5.41) is 10.4. The van der Waals surface area contributed by atoms with Gasteiger partial charge in [0.15, 0.2) is 5.69 Å².